The molecule has 0 amide bonds. The molecule has 3 aromatic carbocycles. The van der Waals surface area contributed by atoms with Gasteiger partial charge in [0.15, 0.2) is 0 Å². The van der Waals surface area contributed by atoms with Crippen molar-refractivity contribution in [3.05, 3.63) is 94.0 Å². The highest BCUT2D eigenvalue weighted by molar-refractivity contribution is 5.42. The van der Waals surface area contributed by atoms with Crippen LogP contribution in [-0.4, -0.2) is 10.2 Å². The summed E-state index contributed by atoms with van der Waals surface area (Å²) in [5.74, 6) is 0.638. The SMILES string of the molecule is Cc1cc(O)cc(C)c1CCc1ccc(C(C)(C)c2ccc(O)cc2)cc1. The Kier molecular flexibility index (Phi) is 5.27. The lowest BCUT2D eigenvalue weighted by Crippen LogP contribution is -2.18. The van der Waals surface area contributed by atoms with Crippen molar-refractivity contribution in [1.82, 2.24) is 0 Å². The second-order valence-electron chi connectivity index (χ2n) is 7.93. The zero-order chi connectivity index (χ0) is 19.6. The lowest BCUT2D eigenvalue weighted by Gasteiger charge is -2.26. The molecule has 27 heavy (non-hydrogen) atoms. The third-order valence-corrected chi connectivity index (χ3v) is 5.61. The number of phenols is 2. The van der Waals surface area contributed by atoms with Crippen LogP contribution in [0.25, 0.3) is 0 Å². The molecule has 0 aromatic heterocycles. The minimum Gasteiger partial charge on any atom is -0.508 e. The van der Waals surface area contributed by atoms with E-state index in [0.717, 1.165) is 24.0 Å². The molecule has 0 aliphatic rings. The average Bonchev–Trinajstić information content (AvgIpc) is 2.61. The molecule has 0 fully saturated rings. The van der Waals surface area contributed by atoms with E-state index in [2.05, 4.69) is 52.0 Å². The first-order chi connectivity index (χ1) is 12.8. The summed E-state index contributed by atoms with van der Waals surface area (Å²) in [4.78, 5) is 0. The smallest absolute Gasteiger partial charge is 0.116 e. The van der Waals surface area contributed by atoms with Gasteiger partial charge in [-0.2, -0.15) is 0 Å². The van der Waals surface area contributed by atoms with E-state index in [9.17, 15) is 10.2 Å². The Labute approximate surface area is 162 Å². The quantitative estimate of drug-likeness (QED) is 0.601. The standard InChI is InChI=1S/C25H28O2/c1-17-15-23(27)16-18(2)24(17)14-7-19-5-8-20(9-6-19)25(3,4)21-10-12-22(26)13-11-21/h5-6,8-13,15-16,26-27H,7,14H2,1-4H3. The zero-order valence-corrected chi connectivity index (χ0v) is 16.6. The number of rotatable bonds is 5. The summed E-state index contributed by atoms with van der Waals surface area (Å²) in [6, 6.07) is 20.0. The van der Waals surface area contributed by atoms with Gasteiger partial charge >= 0.3 is 0 Å². The van der Waals surface area contributed by atoms with Gasteiger partial charge in [0.05, 0.1) is 0 Å². The Balaban J connectivity index is 1.75. The van der Waals surface area contributed by atoms with Crippen LogP contribution < -0.4 is 0 Å². The molecule has 3 aromatic rings. The van der Waals surface area contributed by atoms with E-state index in [1.807, 2.05) is 24.3 Å². The van der Waals surface area contributed by atoms with Gasteiger partial charge in [-0.25, -0.2) is 0 Å². The van der Waals surface area contributed by atoms with Crippen LogP contribution in [0.3, 0.4) is 0 Å². The maximum atomic E-state index is 9.71. The fourth-order valence-corrected chi connectivity index (χ4v) is 3.77. The first kappa shape index (κ1) is 19.0. The van der Waals surface area contributed by atoms with Gasteiger partial charge in [-0.05, 0) is 84.3 Å². The molecule has 0 unspecified atom stereocenters. The van der Waals surface area contributed by atoms with E-state index < -0.39 is 0 Å². The largest absolute Gasteiger partial charge is 0.508 e. The number of hydrogen-bond donors (Lipinski definition) is 2. The molecule has 0 aliphatic carbocycles. The lowest BCUT2D eigenvalue weighted by atomic mass is 9.78. The molecule has 0 radical (unpaired) electrons. The molecule has 3 rings (SSSR count). The van der Waals surface area contributed by atoms with Crippen LogP contribution in [0.4, 0.5) is 0 Å². The Bertz CT molecular complexity index is 897. The van der Waals surface area contributed by atoms with E-state index in [4.69, 9.17) is 0 Å². The van der Waals surface area contributed by atoms with Gasteiger partial charge in [0, 0.05) is 5.41 Å². The van der Waals surface area contributed by atoms with Crippen molar-refractivity contribution in [3.8, 4) is 11.5 Å². The molecular formula is C25H28O2. The summed E-state index contributed by atoms with van der Waals surface area (Å²) in [7, 11) is 0. The van der Waals surface area contributed by atoms with Gasteiger partial charge in [0.1, 0.15) is 11.5 Å². The topological polar surface area (TPSA) is 40.5 Å². The van der Waals surface area contributed by atoms with Crippen LogP contribution in [0.1, 0.15) is 47.2 Å². The summed E-state index contributed by atoms with van der Waals surface area (Å²) >= 11 is 0. The molecule has 0 saturated heterocycles. The highest BCUT2D eigenvalue weighted by Gasteiger charge is 2.22. The Morgan fingerprint density at radius 1 is 0.667 bits per heavy atom. The van der Waals surface area contributed by atoms with Crippen molar-refractivity contribution >= 4 is 0 Å². The summed E-state index contributed by atoms with van der Waals surface area (Å²) in [6.07, 6.45) is 1.95. The first-order valence-electron chi connectivity index (χ1n) is 9.45. The van der Waals surface area contributed by atoms with Crippen LogP contribution >= 0.6 is 0 Å². The number of hydrogen-bond acceptors (Lipinski definition) is 2. The van der Waals surface area contributed by atoms with Crippen LogP contribution in [0.2, 0.25) is 0 Å². The van der Waals surface area contributed by atoms with Gasteiger partial charge in [0.25, 0.3) is 0 Å². The maximum absolute atomic E-state index is 9.71. The summed E-state index contributed by atoms with van der Waals surface area (Å²) in [6.45, 7) is 8.53. The van der Waals surface area contributed by atoms with Crippen molar-refractivity contribution in [2.75, 3.05) is 0 Å². The van der Waals surface area contributed by atoms with Crippen molar-refractivity contribution in [1.29, 1.82) is 0 Å². The van der Waals surface area contributed by atoms with Gasteiger partial charge in [-0.3, -0.25) is 0 Å². The van der Waals surface area contributed by atoms with Crippen LogP contribution in [0.5, 0.6) is 11.5 Å². The second kappa shape index (κ2) is 7.48. The highest BCUT2D eigenvalue weighted by atomic mass is 16.3. The minimum atomic E-state index is -0.115. The van der Waals surface area contributed by atoms with Crippen LogP contribution in [0, 0.1) is 13.8 Å². The van der Waals surface area contributed by atoms with E-state index >= 15 is 0 Å². The summed E-state index contributed by atoms with van der Waals surface area (Å²) in [5, 5.41) is 19.2. The normalized spacial score (nSPS) is 11.6. The van der Waals surface area contributed by atoms with E-state index in [1.165, 1.54) is 22.3 Å². The van der Waals surface area contributed by atoms with Crippen LogP contribution in [-0.2, 0) is 18.3 Å². The molecule has 2 N–H and O–H groups in total. The Morgan fingerprint density at radius 2 is 1.15 bits per heavy atom. The van der Waals surface area contributed by atoms with Crippen LogP contribution in [0.15, 0.2) is 60.7 Å². The monoisotopic (exact) mass is 360 g/mol. The van der Waals surface area contributed by atoms with E-state index in [1.54, 1.807) is 12.1 Å². The first-order valence-corrected chi connectivity index (χ1v) is 9.45. The molecule has 0 saturated carbocycles. The fraction of sp³-hybridized carbons (Fsp3) is 0.280. The third-order valence-electron chi connectivity index (χ3n) is 5.61. The van der Waals surface area contributed by atoms with Gasteiger partial charge in [-0.1, -0.05) is 50.2 Å². The molecular weight excluding hydrogens is 332 g/mol. The zero-order valence-electron chi connectivity index (χ0n) is 16.6. The second-order valence-corrected chi connectivity index (χ2v) is 7.93. The molecule has 0 heterocycles. The maximum Gasteiger partial charge on any atom is 0.116 e. The minimum absolute atomic E-state index is 0.115. The van der Waals surface area contributed by atoms with Crippen molar-refractivity contribution in [3.63, 3.8) is 0 Å². The molecule has 0 atom stereocenters. The molecule has 2 heteroatoms. The van der Waals surface area contributed by atoms with Crippen molar-refractivity contribution < 1.29 is 10.2 Å². The predicted molar refractivity (Wildman–Crippen MR) is 112 cm³/mol. The Hall–Kier alpha value is -2.74. The Morgan fingerprint density at radius 3 is 1.67 bits per heavy atom. The molecule has 140 valence electrons. The highest BCUT2D eigenvalue weighted by Crippen LogP contribution is 2.32. The molecule has 0 spiro atoms. The number of benzene rings is 3. The van der Waals surface area contributed by atoms with Crippen molar-refractivity contribution in [2.24, 2.45) is 0 Å². The van der Waals surface area contributed by atoms with Gasteiger partial charge < -0.3 is 10.2 Å². The van der Waals surface area contributed by atoms with E-state index in [0.29, 0.717) is 11.5 Å². The van der Waals surface area contributed by atoms with Crippen molar-refractivity contribution in [2.45, 2.75) is 46.0 Å². The fourth-order valence-electron chi connectivity index (χ4n) is 3.77. The third kappa shape index (κ3) is 4.16. The van der Waals surface area contributed by atoms with E-state index in [-0.39, 0.29) is 5.41 Å². The number of phenolic OH excluding ortho intramolecular Hbond substituents is 2. The average molecular weight is 360 g/mol. The van der Waals surface area contributed by atoms with Gasteiger partial charge in [-0.15, -0.1) is 0 Å². The molecule has 0 bridgehead atoms. The summed E-state index contributed by atoms with van der Waals surface area (Å²) < 4.78 is 0. The number of aromatic hydroxyl groups is 2. The van der Waals surface area contributed by atoms with Gasteiger partial charge in [0.2, 0.25) is 0 Å². The lowest BCUT2D eigenvalue weighted by molar-refractivity contribution is 0.473. The summed E-state index contributed by atoms with van der Waals surface area (Å²) in [5.41, 5.74) is 7.26. The molecule has 2 nitrogen and oxygen atoms in total. The molecule has 0 aliphatic heterocycles. The predicted octanol–water partition coefficient (Wildman–Crippen LogP) is 5.83. The number of aryl methyl sites for hydroxylation is 3.